The molecule has 0 atom stereocenters. The predicted octanol–water partition coefficient (Wildman–Crippen LogP) is 3.32. The van der Waals surface area contributed by atoms with Gasteiger partial charge in [-0.1, -0.05) is 29.8 Å². The first-order chi connectivity index (χ1) is 7.66. The van der Waals surface area contributed by atoms with Crippen molar-refractivity contribution in [1.82, 2.24) is 0 Å². The normalized spacial score (nSPS) is 10.4. The van der Waals surface area contributed by atoms with Gasteiger partial charge in [-0.3, -0.25) is 4.79 Å². The quantitative estimate of drug-likeness (QED) is 0.734. The number of Topliss-reactive ketones (excluding diaryl/α,β-unsaturated/α-hetero) is 1. The molecule has 0 saturated carbocycles. The summed E-state index contributed by atoms with van der Waals surface area (Å²) in [6, 6.07) is 9.78. The van der Waals surface area contributed by atoms with Crippen LogP contribution in [0.25, 0.3) is 0 Å². The lowest BCUT2D eigenvalue weighted by atomic mass is 10.0. The van der Waals surface area contributed by atoms with Crippen LogP contribution in [0.15, 0.2) is 41.0 Å². The summed E-state index contributed by atoms with van der Waals surface area (Å²) in [7, 11) is 0. The van der Waals surface area contributed by atoms with Crippen molar-refractivity contribution in [2.24, 2.45) is 0 Å². The van der Waals surface area contributed by atoms with E-state index < -0.39 is 0 Å². The van der Waals surface area contributed by atoms with Gasteiger partial charge in [0.25, 0.3) is 0 Å². The molecule has 0 fully saturated rings. The van der Waals surface area contributed by atoms with E-state index in [0.717, 1.165) is 11.1 Å². The maximum Gasteiger partial charge on any atom is 0.202 e. The highest BCUT2D eigenvalue weighted by molar-refractivity contribution is 5.96. The number of hydrogen-bond donors (Lipinski definition) is 0. The zero-order valence-electron chi connectivity index (χ0n) is 9.49. The molecular formula is C14H14O2. The molecule has 1 aromatic carbocycles. The average Bonchev–Trinajstić information content (AvgIpc) is 2.64. The number of benzene rings is 1. The van der Waals surface area contributed by atoms with Gasteiger partial charge >= 0.3 is 0 Å². The second-order valence-corrected chi connectivity index (χ2v) is 4.02. The van der Waals surface area contributed by atoms with E-state index in [2.05, 4.69) is 0 Å². The van der Waals surface area contributed by atoms with Crippen LogP contribution in [0.3, 0.4) is 0 Å². The number of hydrogen-bond acceptors (Lipinski definition) is 2. The highest BCUT2D eigenvalue weighted by Crippen LogP contribution is 2.13. The molecule has 1 heterocycles. The first-order valence-electron chi connectivity index (χ1n) is 5.29. The molecule has 2 aromatic rings. The number of rotatable bonds is 3. The minimum atomic E-state index is 0.0353. The summed E-state index contributed by atoms with van der Waals surface area (Å²) >= 11 is 0. The number of aryl methyl sites for hydroxylation is 2. The maximum atomic E-state index is 11.9. The fourth-order valence-corrected chi connectivity index (χ4v) is 1.75. The Morgan fingerprint density at radius 1 is 1.25 bits per heavy atom. The highest BCUT2D eigenvalue weighted by Gasteiger charge is 2.12. The minimum absolute atomic E-state index is 0.0353. The van der Waals surface area contributed by atoms with Crippen LogP contribution in [0.4, 0.5) is 0 Å². The van der Waals surface area contributed by atoms with Crippen molar-refractivity contribution in [1.29, 1.82) is 0 Å². The van der Waals surface area contributed by atoms with E-state index in [-0.39, 0.29) is 5.78 Å². The van der Waals surface area contributed by atoms with Gasteiger partial charge in [-0.15, -0.1) is 0 Å². The van der Waals surface area contributed by atoms with Gasteiger partial charge in [-0.25, -0.2) is 0 Å². The first kappa shape index (κ1) is 10.7. The van der Waals surface area contributed by atoms with Crippen LogP contribution in [0.5, 0.6) is 0 Å². The molecule has 0 amide bonds. The smallest absolute Gasteiger partial charge is 0.202 e. The molecule has 16 heavy (non-hydrogen) atoms. The molecule has 0 radical (unpaired) electrons. The predicted molar refractivity (Wildman–Crippen MR) is 62.7 cm³/mol. The lowest BCUT2D eigenvalue weighted by molar-refractivity contribution is 0.0965. The molecule has 0 saturated heterocycles. The average molecular weight is 214 g/mol. The second kappa shape index (κ2) is 4.35. The SMILES string of the molecule is Cc1cccc(CC(=O)c2occc2C)c1. The van der Waals surface area contributed by atoms with Crippen molar-refractivity contribution in [2.45, 2.75) is 20.3 Å². The number of ketones is 1. The number of carbonyl (C=O) groups excluding carboxylic acids is 1. The molecule has 0 spiro atoms. The Morgan fingerprint density at radius 3 is 2.69 bits per heavy atom. The van der Waals surface area contributed by atoms with E-state index >= 15 is 0 Å². The van der Waals surface area contributed by atoms with Gasteiger partial charge in [0, 0.05) is 6.42 Å². The number of carbonyl (C=O) groups is 1. The molecule has 2 nitrogen and oxygen atoms in total. The van der Waals surface area contributed by atoms with Crippen LogP contribution >= 0.6 is 0 Å². The molecule has 0 aliphatic rings. The van der Waals surface area contributed by atoms with Crippen LogP contribution in [0, 0.1) is 13.8 Å². The first-order valence-corrected chi connectivity index (χ1v) is 5.29. The van der Waals surface area contributed by atoms with Crippen molar-refractivity contribution >= 4 is 5.78 Å². The van der Waals surface area contributed by atoms with Crippen LogP contribution in [0.1, 0.15) is 27.2 Å². The van der Waals surface area contributed by atoms with Crippen molar-refractivity contribution < 1.29 is 9.21 Å². The third-order valence-corrected chi connectivity index (χ3v) is 2.56. The third kappa shape index (κ3) is 2.22. The van der Waals surface area contributed by atoms with E-state index in [1.165, 1.54) is 5.56 Å². The monoisotopic (exact) mass is 214 g/mol. The van der Waals surface area contributed by atoms with E-state index in [9.17, 15) is 4.79 Å². The largest absolute Gasteiger partial charge is 0.461 e. The van der Waals surface area contributed by atoms with Crippen LogP contribution < -0.4 is 0 Å². The Labute approximate surface area is 94.9 Å². The van der Waals surface area contributed by atoms with Gasteiger partial charge in [0.2, 0.25) is 5.78 Å². The van der Waals surface area contributed by atoms with Gasteiger partial charge in [0.1, 0.15) is 0 Å². The molecule has 0 N–H and O–H groups in total. The standard InChI is InChI=1S/C14H14O2/c1-10-4-3-5-12(8-10)9-13(15)14-11(2)6-7-16-14/h3-8H,9H2,1-2H3. The summed E-state index contributed by atoms with van der Waals surface area (Å²) in [4.78, 5) is 11.9. The van der Waals surface area contributed by atoms with Gasteiger partial charge in [0.05, 0.1) is 6.26 Å². The van der Waals surface area contributed by atoms with E-state index in [1.54, 1.807) is 6.26 Å². The van der Waals surface area contributed by atoms with Crippen LogP contribution in [0.2, 0.25) is 0 Å². The zero-order valence-corrected chi connectivity index (χ0v) is 9.49. The molecule has 82 valence electrons. The Morgan fingerprint density at radius 2 is 2.06 bits per heavy atom. The second-order valence-electron chi connectivity index (χ2n) is 4.02. The van der Waals surface area contributed by atoms with Gasteiger partial charge in [-0.05, 0) is 31.0 Å². The molecule has 0 aliphatic heterocycles. The molecule has 0 aliphatic carbocycles. The number of furan rings is 1. The van der Waals surface area contributed by atoms with Crippen LogP contribution in [-0.4, -0.2) is 5.78 Å². The summed E-state index contributed by atoms with van der Waals surface area (Å²) in [5.41, 5.74) is 3.10. The van der Waals surface area contributed by atoms with E-state index in [4.69, 9.17) is 4.42 Å². The molecule has 2 rings (SSSR count). The third-order valence-electron chi connectivity index (χ3n) is 2.56. The van der Waals surface area contributed by atoms with Crippen molar-refractivity contribution in [2.75, 3.05) is 0 Å². The van der Waals surface area contributed by atoms with Gasteiger partial charge in [-0.2, -0.15) is 0 Å². The van der Waals surface area contributed by atoms with Crippen molar-refractivity contribution in [3.63, 3.8) is 0 Å². The molecular weight excluding hydrogens is 200 g/mol. The molecule has 2 heteroatoms. The maximum absolute atomic E-state index is 11.9. The summed E-state index contributed by atoms with van der Waals surface area (Å²) in [5, 5.41) is 0. The van der Waals surface area contributed by atoms with E-state index in [0.29, 0.717) is 12.2 Å². The molecule has 1 aromatic heterocycles. The van der Waals surface area contributed by atoms with E-state index in [1.807, 2.05) is 44.2 Å². The fourth-order valence-electron chi connectivity index (χ4n) is 1.75. The zero-order chi connectivity index (χ0) is 11.5. The summed E-state index contributed by atoms with van der Waals surface area (Å²) in [5.74, 6) is 0.509. The Hall–Kier alpha value is -1.83. The lowest BCUT2D eigenvalue weighted by Gasteiger charge is -2.01. The molecule has 0 unspecified atom stereocenters. The highest BCUT2D eigenvalue weighted by atomic mass is 16.3. The topological polar surface area (TPSA) is 30.2 Å². The van der Waals surface area contributed by atoms with Crippen LogP contribution in [-0.2, 0) is 6.42 Å². The van der Waals surface area contributed by atoms with Gasteiger partial charge < -0.3 is 4.42 Å². The van der Waals surface area contributed by atoms with Crippen molar-refractivity contribution in [3.05, 3.63) is 59.0 Å². The Bertz CT molecular complexity index is 509. The lowest BCUT2D eigenvalue weighted by Crippen LogP contribution is -2.03. The van der Waals surface area contributed by atoms with Gasteiger partial charge in [0.15, 0.2) is 5.76 Å². The summed E-state index contributed by atoms with van der Waals surface area (Å²) in [6.07, 6.45) is 1.95. The molecule has 0 bridgehead atoms. The van der Waals surface area contributed by atoms with Crippen molar-refractivity contribution in [3.8, 4) is 0 Å². The minimum Gasteiger partial charge on any atom is -0.461 e. The Kier molecular flexibility index (Phi) is 2.91. The fraction of sp³-hybridized carbons (Fsp3) is 0.214. The Balaban J connectivity index is 2.17. The summed E-state index contributed by atoms with van der Waals surface area (Å²) in [6.45, 7) is 3.90. The summed E-state index contributed by atoms with van der Waals surface area (Å²) < 4.78 is 5.18.